The quantitative estimate of drug-likeness (QED) is 0.460. The standard InChI is InChI=1S/C15H12BrN3O5/c1-24-13-7-9(6-11(16)14(13)20)8-17-18-15(21)10-4-2-3-5-12(10)19(22)23/h2-8,20H,1H3,(H,18,21)/b17-8+. The predicted molar refractivity (Wildman–Crippen MR) is 90.5 cm³/mol. The van der Waals surface area contributed by atoms with Crippen LogP contribution < -0.4 is 10.2 Å². The summed E-state index contributed by atoms with van der Waals surface area (Å²) in [5.41, 5.74) is 2.36. The highest BCUT2D eigenvalue weighted by molar-refractivity contribution is 9.10. The number of nitrogens with one attached hydrogen (secondary N) is 1. The zero-order valence-electron chi connectivity index (χ0n) is 12.4. The van der Waals surface area contributed by atoms with Crippen molar-refractivity contribution in [1.82, 2.24) is 5.43 Å². The molecule has 8 nitrogen and oxygen atoms in total. The van der Waals surface area contributed by atoms with Crippen molar-refractivity contribution in [1.29, 1.82) is 0 Å². The molecule has 0 aromatic heterocycles. The van der Waals surface area contributed by atoms with Crippen LogP contribution in [-0.2, 0) is 0 Å². The molecule has 2 rings (SSSR count). The van der Waals surface area contributed by atoms with Crippen LogP contribution in [0.3, 0.4) is 0 Å². The predicted octanol–water partition coefficient (Wildman–Crippen LogP) is 2.84. The van der Waals surface area contributed by atoms with Crippen molar-refractivity contribution in [3.05, 3.63) is 62.1 Å². The van der Waals surface area contributed by atoms with Crippen LogP contribution in [0.25, 0.3) is 0 Å². The van der Waals surface area contributed by atoms with Gasteiger partial charge in [0.2, 0.25) is 0 Å². The van der Waals surface area contributed by atoms with Gasteiger partial charge in [-0.15, -0.1) is 0 Å². The second-order valence-corrected chi connectivity index (χ2v) is 5.38. The first-order valence-electron chi connectivity index (χ1n) is 6.57. The molecule has 0 spiro atoms. The summed E-state index contributed by atoms with van der Waals surface area (Å²) in [5.74, 6) is -0.530. The van der Waals surface area contributed by atoms with Gasteiger partial charge in [0.15, 0.2) is 11.5 Å². The molecule has 0 fully saturated rings. The van der Waals surface area contributed by atoms with Crippen molar-refractivity contribution in [2.45, 2.75) is 0 Å². The van der Waals surface area contributed by atoms with Crippen LogP contribution >= 0.6 is 15.9 Å². The average Bonchev–Trinajstić information content (AvgIpc) is 2.57. The van der Waals surface area contributed by atoms with Crippen molar-refractivity contribution >= 4 is 33.7 Å². The van der Waals surface area contributed by atoms with Gasteiger partial charge in [-0.2, -0.15) is 5.10 Å². The Bertz CT molecular complexity index is 823. The van der Waals surface area contributed by atoms with Gasteiger partial charge in [-0.1, -0.05) is 12.1 Å². The summed E-state index contributed by atoms with van der Waals surface area (Å²) in [4.78, 5) is 22.3. The number of amides is 1. The van der Waals surface area contributed by atoms with Crippen molar-refractivity contribution in [2.75, 3.05) is 7.11 Å². The Hall–Kier alpha value is -2.94. The van der Waals surface area contributed by atoms with Crippen LogP contribution in [0, 0.1) is 10.1 Å². The van der Waals surface area contributed by atoms with Crippen molar-refractivity contribution in [2.24, 2.45) is 5.10 Å². The van der Waals surface area contributed by atoms with E-state index in [9.17, 15) is 20.0 Å². The molecule has 0 saturated heterocycles. The summed E-state index contributed by atoms with van der Waals surface area (Å²) in [6.07, 6.45) is 1.32. The number of aromatic hydroxyl groups is 1. The number of nitrogens with zero attached hydrogens (tertiary/aromatic N) is 2. The highest BCUT2D eigenvalue weighted by Gasteiger charge is 2.18. The Morgan fingerprint density at radius 2 is 2.12 bits per heavy atom. The molecule has 0 saturated carbocycles. The lowest BCUT2D eigenvalue weighted by molar-refractivity contribution is -0.385. The van der Waals surface area contributed by atoms with E-state index in [0.29, 0.717) is 10.0 Å². The van der Waals surface area contributed by atoms with Crippen LogP contribution in [0.5, 0.6) is 11.5 Å². The summed E-state index contributed by atoms with van der Waals surface area (Å²) in [6, 6.07) is 8.65. The number of para-hydroxylation sites is 1. The first-order valence-corrected chi connectivity index (χ1v) is 7.36. The molecular weight excluding hydrogens is 382 g/mol. The number of phenolic OH excluding ortho intramolecular Hbond substituents is 1. The van der Waals surface area contributed by atoms with E-state index in [1.807, 2.05) is 0 Å². The molecule has 0 heterocycles. The second-order valence-electron chi connectivity index (χ2n) is 4.53. The third-order valence-corrected chi connectivity index (χ3v) is 3.60. The van der Waals surface area contributed by atoms with Crippen LogP contribution in [0.2, 0.25) is 0 Å². The zero-order valence-corrected chi connectivity index (χ0v) is 14.0. The van der Waals surface area contributed by atoms with E-state index in [2.05, 4.69) is 26.5 Å². The van der Waals surface area contributed by atoms with Crippen molar-refractivity contribution < 1.29 is 19.6 Å². The smallest absolute Gasteiger partial charge is 0.282 e. The first-order chi connectivity index (χ1) is 11.4. The fourth-order valence-corrected chi connectivity index (χ4v) is 2.33. The van der Waals surface area contributed by atoms with Gasteiger partial charge in [0.25, 0.3) is 11.6 Å². The average molecular weight is 394 g/mol. The van der Waals surface area contributed by atoms with E-state index in [4.69, 9.17) is 4.74 Å². The number of hydrogen-bond donors (Lipinski definition) is 2. The fourth-order valence-electron chi connectivity index (χ4n) is 1.87. The number of carbonyl (C=O) groups excluding carboxylic acids is 1. The lowest BCUT2D eigenvalue weighted by atomic mass is 10.2. The fraction of sp³-hybridized carbons (Fsp3) is 0.0667. The molecule has 0 aliphatic heterocycles. The SMILES string of the molecule is COc1cc(/C=N/NC(=O)c2ccccc2[N+](=O)[O-])cc(Br)c1O. The molecule has 0 aliphatic carbocycles. The largest absolute Gasteiger partial charge is 0.503 e. The van der Waals surface area contributed by atoms with Gasteiger partial charge in [0.05, 0.1) is 22.7 Å². The van der Waals surface area contributed by atoms with E-state index in [1.165, 1.54) is 43.7 Å². The molecule has 0 radical (unpaired) electrons. The second kappa shape index (κ2) is 7.55. The number of halogens is 1. The monoisotopic (exact) mass is 393 g/mol. The maximum Gasteiger partial charge on any atom is 0.282 e. The summed E-state index contributed by atoms with van der Waals surface area (Å²) in [7, 11) is 1.40. The lowest BCUT2D eigenvalue weighted by Crippen LogP contribution is -2.18. The Labute approximate surface area is 145 Å². The van der Waals surface area contributed by atoms with Gasteiger partial charge >= 0.3 is 0 Å². The molecule has 2 aromatic carbocycles. The van der Waals surface area contributed by atoms with E-state index in [0.717, 1.165) is 0 Å². The molecule has 1 amide bonds. The number of phenols is 1. The molecule has 124 valence electrons. The Morgan fingerprint density at radius 3 is 2.79 bits per heavy atom. The van der Waals surface area contributed by atoms with Crippen molar-refractivity contribution in [3.8, 4) is 11.5 Å². The molecule has 9 heteroatoms. The molecule has 0 bridgehead atoms. The highest BCUT2D eigenvalue weighted by atomic mass is 79.9. The third kappa shape index (κ3) is 3.87. The Kier molecular flexibility index (Phi) is 5.48. The maximum absolute atomic E-state index is 12.0. The number of benzene rings is 2. The van der Waals surface area contributed by atoms with Crippen molar-refractivity contribution in [3.63, 3.8) is 0 Å². The Balaban J connectivity index is 2.17. The summed E-state index contributed by atoms with van der Waals surface area (Å²) in [6.45, 7) is 0. The molecule has 0 aliphatic rings. The number of rotatable bonds is 5. The van der Waals surface area contributed by atoms with Gasteiger partial charge in [-0.25, -0.2) is 5.43 Å². The molecule has 0 atom stereocenters. The number of nitro benzene ring substituents is 1. The Morgan fingerprint density at radius 1 is 1.42 bits per heavy atom. The van der Waals surface area contributed by atoms with E-state index < -0.39 is 10.8 Å². The van der Waals surface area contributed by atoms with Gasteiger partial charge in [-0.05, 0) is 39.7 Å². The number of hydrogen-bond acceptors (Lipinski definition) is 6. The molecule has 2 aromatic rings. The van der Waals surface area contributed by atoms with E-state index in [-0.39, 0.29) is 22.7 Å². The minimum Gasteiger partial charge on any atom is -0.503 e. The highest BCUT2D eigenvalue weighted by Crippen LogP contribution is 2.34. The first kappa shape index (κ1) is 17.4. The molecule has 0 unspecified atom stereocenters. The lowest BCUT2D eigenvalue weighted by Gasteiger charge is -2.06. The number of carbonyl (C=O) groups is 1. The van der Waals surface area contributed by atoms with Crippen LogP contribution in [0.4, 0.5) is 5.69 Å². The molecule has 2 N–H and O–H groups in total. The van der Waals surface area contributed by atoms with Gasteiger partial charge in [0, 0.05) is 6.07 Å². The molecular formula is C15H12BrN3O5. The van der Waals surface area contributed by atoms with Gasteiger partial charge in [-0.3, -0.25) is 14.9 Å². The number of hydrazone groups is 1. The topological polar surface area (TPSA) is 114 Å². The summed E-state index contributed by atoms with van der Waals surface area (Å²) in [5, 5.41) is 24.4. The maximum atomic E-state index is 12.0. The number of ether oxygens (including phenoxy) is 1. The number of nitro groups is 1. The van der Waals surface area contributed by atoms with Gasteiger partial charge in [0.1, 0.15) is 5.56 Å². The van der Waals surface area contributed by atoms with Gasteiger partial charge < -0.3 is 9.84 Å². The number of methoxy groups -OCH3 is 1. The third-order valence-electron chi connectivity index (χ3n) is 3.00. The normalized spacial score (nSPS) is 10.6. The van der Waals surface area contributed by atoms with Crippen LogP contribution in [0.15, 0.2) is 46.0 Å². The van der Waals surface area contributed by atoms with E-state index >= 15 is 0 Å². The summed E-state index contributed by atoms with van der Waals surface area (Å²) < 4.78 is 5.40. The van der Waals surface area contributed by atoms with Crippen LogP contribution in [0.1, 0.15) is 15.9 Å². The summed E-state index contributed by atoms with van der Waals surface area (Å²) >= 11 is 3.17. The van der Waals surface area contributed by atoms with E-state index in [1.54, 1.807) is 6.07 Å². The molecule has 24 heavy (non-hydrogen) atoms. The van der Waals surface area contributed by atoms with Crippen LogP contribution in [-0.4, -0.2) is 29.3 Å². The minimum atomic E-state index is -0.705. The zero-order chi connectivity index (χ0) is 17.7. The minimum absolute atomic E-state index is 0.0569.